The standard InChI is InChI=1S/C32H22N2O/c1-2-8-22(9-3-1)30(25-18-20-33-21-19-25)23-14-16-24(17-15-23)31-26-10-4-5-11-27(26)34-28-12-6-7-13-29(28)35-32(31)34/h1-21,30H. The highest BCUT2D eigenvalue weighted by Gasteiger charge is 2.21. The van der Waals surface area contributed by atoms with Crippen molar-refractivity contribution in [2.75, 3.05) is 0 Å². The molecule has 0 spiro atoms. The molecule has 7 rings (SSSR count). The van der Waals surface area contributed by atoms with Crippen molar-refractivity contribution >= 4 is 27.7 Å². The summed E-state index contributed by atoms with van der Waals surface area (Å²) in [5.74, 6) is 0.144. The summed E-state index contributed by atoms with van der Waals surface area (Å²) in [5, 5.41) is 1.19. The van der Waals surface area contributed by atoms with Gasteiger partial charge in [0.05, 0.1) is 16.6 Å². The van der Waals surface area contributed by atoms with E-state index in [2.05, 4.69) is 113 Å². The first-order valence-corrected chi connectivity index (χ1v) is 11.8. The Morgan fingerprint density at radius 3 is 2.00 bits per heavy atom. The summed E-state index contributed by atoms with van der Waals surface area (Å²) in [6.45, 7) is 0. The van der Waals surface area contributed by atoms with Crippen LogP contribution in [-0.2, 0) is 0 Å². The summed E-state index contributed by atoms with van der Waals surface area (Å²) in [7, 11) is 0. The van der Waals surface area contributed by atoms with Gasteiger partial charge in [-0.25, -0.2) is 0 Å². The van der Waals surface area contributed by atoms with Crippen LogP contribution in [0.25, 0.3) is 38.8 Å². The molecule has 0 aliphatic heterocycles. The van der Waals surface area contributed by atoms with Crippen LogP contribution < -0.4 is 0 Å². The zero-order valence-electron chi connectivity index (χ0n) is 19.0. The Kier molecular flexibility index (Phi) is 4.52. The zero-order chi connectivity index (χ0) is 23.2. The molecule has 35 heavy (non-hydrogen) atoms. The molecule has 3 heteroatoms. The third-order valence-corrected chi connectivity index (χ3v) is 6.85. The maximum Gasteiger partial charge on any atom is 0.213 e. The van der Waals surface area contributed by atoms with Crippen molar-refractivity contribution in [3.63, 3.8) is 0 Å². The molecule has 3 nitrogen and oxygen atoms in total. The normalized spacial score (nSPS) is 12.5. The van der Waals surface area contributed by atoms with E-state index in [4.69, 9.17) is 4.42 Å². The highest BCUT2D eigenvalue weighted by atomic mass is 16.3. The molecule has 1 unspecified atom stereocenters. The number of hydrogen-bond acceptors (Lipinski definition) is 2. The second-order valence-corrected chi connectivity index (χ2v) is 8.85. The Morgan fingerprint density at radius 2 is 1.20 bits per heavy atom. The minimum Gasteiger partial charge on any atom is -0.438 e. The number of benzene rings is 4. The molecule has 0 aliphatic carbocycles. The van der Waals surface area contributed by atoms with Gasteiger partial charge >= 0.3 is 0 Å². The summed E-state index contributed by atoms with van der Waals surface area (Å²) < 4.78 is 8.63. The Hall–Kier alpha value is -4.63. The first-order chi connectivity index (χ1) is 17.4. The van der Waals surface area contributed by atoms with Crippen LogP contribution >= 0.6 is 0 Å². The molecule has 4 aromatic carbocycles. The van der Waals surface area contributed by atoms with Gasteiger partial charge in [0.25, 0.3) is 0 Å². The van der Waals surface area contributed by atoms with E-state index in [1.165, 1.54) is 22.1 Å². The number of hydrogen-bond donors (Lipinski definition) is 0. The second-order valence-electron chi connectivity index (χ2n) is 8.85. The van der Waals surface area contributed by atoms with Gasteiger partial charge in [0.15, 0.2) is 5.58 Å². The molecule has 0 saturated heterocycles. The fourth-order valence-electron chi connectivity index (χ4n) is 5.28. The van der Waals surface area contributed by atoms with Crippen molar-refractivity contribution in [1.82, 2.24) is 9.38 Å². The Labute approximate surface area is 202 Å². The van der Waals surface area contributed by atoms with Gasteiger partial charge < -0.3 is 4.42 Å². The van der Waals surface area contributed by atoms with Gasteiger partial charge in [-0.15, -0.1) is 0 Å². The van der Waals surface area contributed by atoms with E-state index in [0.29, 0.717) is 0 Å². The van der Waals surface area contributed by atoms with Gasteiger partial charge in [-0.05, 0) is 52.6 Å². The smallest absolute Gasteiger partial charge is 0.213 e. The molecule has 0 amide bonds. The van der Waals surface area contributed by atoms with Crippen molar-refractivity contribution in [2.24, 2.45) is 0 Å². The number of oxazole rings is 1. The highest BCUT2D eigenvalue weighted by Crippen LogP contribution is 2.40. The number of rotatable bonds is 4. The molecule has 7 aromatic rings. The fourth-order valence-corrected chi connectivity index (χ4v) is 5.28. The maximum atomic E-state index is 6.40. The average molecular weight is 451 g/mol. The molecular formula is C32H22N2O. The van der Waals surface area contributed by atoms with Crippen molar-refractivity contribution in [3.8, 4) is 11.1 Å². The van der Waals surface area contributed by atoms with Crippen LogP contribution in [0.15, 0.2) is 132 Å². The number of aromatic nitrogens is 2. The van der Waals surface area contributed by atoms with Crippen LogP contribution in [0.5, 0.6) is 0 Å². The van der Waals surface area contributed by atoms with Gasteiger partial charge in [-0.3, -0.25) is 9.38 Å². The molecule has 3 aromatic heterocycles. The van der Waals surface area contributed by atoms with E-state index in [0.717, 1.165) is 33.5 Å². The van der Waals surface area contributed by atoms with Crippen LogP contribution in [0.1, 0.15) is 22.6 Å². The van der Waals surface area contributed by atoms with Gasteiger partial charge in [0.2, 0.25) is 5.71 Å². The van der Waals surface area contributed by atoms with Crippen molar-refractivity contribution in [2.45, 2.75) is 5.92 Å². The number of pyridine rings is 1. The molecule has 0 N–H and O–H groups in total. The monoisotopic (exact) mass is 450 g/mol. The quantitative estimate of drug-likeness (QED) is 0.271. The first kappa shape index (κ1) is 19.8. The van der Waals surface area contributed by atoms with Crippen molar-refractivity contribution < 1.29 is 4.42 Å². The molecule has 1 atom stereocenters. The van der Waals surface area contributed by atoms with E-state index < -0.39 is 0 Å². The lowest BCUT2D eigenvalue weighted by molar-refractivity contribution is 0.658. The fraction of sp³-hybridized carbons (Fsp3) is 0.0312. The second kappa shape index (κ2) is 8.00. The SMILES string of the molecule is c1ccc(C(c2ccncc2)c2ccc(-c3c4ccccc4n4c3oc3ccccc34)cc2)cc1. The van der Waals surface area contributed by atoms with E-state index in [-0.39, 0.29) is 5.92 Å². The predicted molar refractivity (Wildman–Crippen MR) is 142 cm³/mol. The molecule has 166 valence electrons. The molecule has 0 radical (unpaired) electrons. The van der Waals surface area contributed by atoms with E-state index >= 15 is 0 Å². The van der Waals surface area contributed by atoms with Gasteiger partial charge in [-0.1, -0.05) is 84.9 Å². The van der Waals surface area contributed by atoms with Crippen LogP contribution in [-0.4, -0.2) is 9.38 Å². The zero-order valence-corrected chi connectivity index (χ0v) is 19.0. The average Bonchev–Trinajstić information content (AvgIpc) is 3.45. The van der Waals surface area contributed by atoms with Gasteiger partial charge in [0, 0.05) is 23.7 Å². The number of para-hydroxylation sites is 3. The maximum absolute atomic E-state index is 6.40. The van der Waals surface area contributed by atoms with E-state index in [1.807, 2.05) is 24.5 Å². The summed E-state index contributed by atoms with van der Waals surface area (Å²) in [4.78, 5) is 4.23. The Bertz CT molecular complexity index is 1740. The number of fused-ring (bicyclic) bond motifs is 5. The molecule has 3 heterocycles. The van der Waals surface area contributed by atoms with Gasteiger partial charge in [-0.2, -0.15) is 0 Å². The molecule has 0 fully saturated rings. The summed E-state index contributed by atoms with van der Waals surface area (Å²) in [6, 6.07) is 40.5. The van der Waals surface area contributed by atoms with Crippen molar-refractivity contribution in [1.29, 1.82) is 0 Å². The minimum absolute atomic E-state index is 0.144. The topological polar surface area (TPSA) is 30.4 Å². The molecule has 0 aliphatic rings. The van der Waals surface area contributed by atoms with Crippen LogP contribution in [0, 0.1) is 0 Å². The Morgan fingerprint density at radius 1 is 0.571 bits per heavy atom. The van der Waals surface area contributed by atoms with Crippen LogP contribution in [0.3, 0.4) is 0 Å². The third kappa shape index (κ3) is 3.17. The largest absolute Gasteiger partial charge is 0.438 e. The molecule has 0 saturated carbocycles. The lowest BCUT2D eigenvalue weighted by Crippen LogP contribution is -2.03. The lowest BCUT2D eigenvalue weighted by Gasteiger charge is -2.19. The molecule has 0 bridgehead atoms. The van der Waals surface area contributed by atoms with E-state index in [9.17, 15) is 0 Å². The molecular weight excluding hydrogens is 428 g/mol. The van der Waals surface area contributed by atoms with E-state index in [1.54, 1.807) is 0 Å². The van der Waals surface area contributed by atoms with Crippen molar-refractivity contribution in [3.05, 3.63) is 144 Å². The third-order valence-electron chi connectivity index (χ3n) is 6.85. The highest BCUT2D eigenvalue weighted by molar-refractivity contribution is 6.06. The summed E-state index contributed by atoms with van der Waals surface area (Å²) in [6.07, 6.45) is 3.73. The Balaban J connectivity index is 1.41. The van der Waals surface area contributed by atoms with Gasteiger partial charge in [0.1, 0.15) is 0 Å². The lowest BCUT2D eigenvalue weighted by atomic mass is 9.85. The first-order valence-electron chi connectivity index (χ1n) is 11.8. The minimum atomic E-state index is 0.144. The summed E-state index contributed by atoms with van der Waals surface area (Å²) >= 11 is 0. The van der Waals surface area contributed by atoms with Crippen LogP contribution in [0.2, 0.25) is 0 Å². The van der Waals surface area contributed by atoms with Crippen LogP contribution in [0.4, 0.5) is 0 Å². The number of nitrogens with zero attached hydrogens (tertiary/aromatic N) is 2. The predicted octanol–water partition coefficient (Wildman–Crippen LogP) is 8.08. The summed E-state index contributed by atoms with van der Waals surface area (Å²) in [5.41, 5.74) is 10.0.